The highest BCUT2D eigenvalue weighted by Gasteiger charge is 2.29. The molecule has 1 saturated heterocycles. The van der Waals surface area contributed by atoms with E-state index in [-0.39, 0.29) is 11.8 Å². The molecule has 0 atom stereocenters. The minimum atomic E-state index is -3.64. The van der Waals surface area contributed by atoms with Gasteiger partial charge in [-0.3, -0.25) is 4.79 Å². The molecule has 116 valence electrons. The van der Waals surface area contributed by atoms with Gasteiger partial charge in [-0.2, -0.15) is 12.7 Å². The van der Waals surface area contributed by atoms with Crippen LogP contribution in [-0.2, 0) is 21.4 Å². The molecule has 7 heteroatoms. The van der Waals surface area contributed by atoms with Gasteiger partial charge in [0.2, 0.25) is 5.91 Å². The van der Waals surface area contributed by atoms with Gasteiger partial charge in [0.15, 0.2) is 0 Å². The number of rotatable bonds is 4. The number of nitrogens with one attached hydrogen (secondary N) is 1. The van der Waals surface area contributed by atoms with Crippen LogP contribution in [-0.4, -0.2) is 31.7 Å². The van der Waals surface area contributed by atoms with Crippen LogP contribution in [0.3, 0.4) is 0 Å². The van der Waals surface area contributed by atoms with Crippen molar-refractivity contribution >= 4 is 21.8 Å². The highest BCUT2D eigenvalue weighted by molar-refractivity contribution is 7.86. The fourth-order valence-corrected chi connectivity index (χ4v) is 3.16. The van der Waals surface area contributed by atoms with E-state index in [4.69, 9.17) is 5.14 Å². The molecule has 0 radical (unpaired) electrons. The van der Waals surface area contributed by atoms with E-state index in [0.29, 0.717) is 25.9 Å². The van der Waals surface area contributed by atoms with Gasteiger partial charge in [0.05, 0.1) is 0 Å². The van der Waals surface area contributed by atoms with Crippen molar-refractivity contribution in [1.29, 1.82) is 0 Å². The Bertz CT molecular complexity index is 590. The van der Waals surface area contributed by atoms with Crippen molar-refractivity contribution in [1.82, 2.24) is 4.31 Å². The number of hydrogen-bond donors (Lipinski definition) is 2. The molecule has 3 N–H and O–H groups in total. The van der Waals surface area contributed by atoms with Crippen molar-refractivity contribution in [3.8, 4) is 0 Å². The molecule has 1 aromatic carbocycles. The van der Waals surface area contributed by atoms with Crippen molar-refractivity contribution in [2.24, 2.45) is 11.1 Å². The number of anilines is 1. The van der Waals surface area contributed by atoms with Crippen molar-refractivity contribution in [2.75, 3.05) is 18.4 Å². The second-order valence-electron chi connectivity index (χ2n) is 5.26. The summed E-state index contributed by atoms with van der Waals surface area (Å²) in [5.41, 5.74) is 1.99. The van der Waals surface area contributed by atoms with Crippen molar-refractivity contribution < 1.29 is 13.2 Å². The highest BCUT2D eigenvalue weighted by atomic mass is 32.2. The monoisotopic (exact) mass is 311 g/mol. The van der Waals surface area contributed by atoms with Crippen LogP contribution in [0.25, 0.3) is 0 Å². The van der Waals surface area contributed by atoms with Gasteiger partial charge in [-0.15, -0.1) is 0 Å². The first kappa shape index (κ1) is 15.9. The normalized spacial score (nSPS) is 17.6. The zero-order valence-corrected chi connectivity index (χ0v) is 12.9. The molecule has 6 nitrogen and oxygen atoms in total. The summed E-state index contributed by atoms with van der Waals surface area (Å²) in [4.78, 5) is 12.2. The van der Waals surface area contributed by atoms with E-state index >= 15 is 0 Å². The predicted octanol–water partition coefficient (Wildman–Crippen LogP) is 1.10. The standard InChI is InChI=1S/C14H21N3O3S/c1-2-11-3-5-13(6-4-11)16-14(18)12-7-9-17(10-8-12)21(15,19)20/h3-6,12H,2,7-10H2,1H3,(H,16,18)(H2,15,19,20). The minimum Gasteiger partial charge on any atom is -0.326 e. The quantitative estimate of drug-likeness (QED) is 0.872. The molecule has 0 bridgehead atoms. The highest BCUT2D eigenvalue weighted by Crippen LogP contribution is 2.20. The summed E-state index contributed by atoms with van der Waals surface area (Å²) in [6, 6.07) is 7.74. The number of nitrogens with two attached hydrogens (primary N) is 1. The fourth-order valence-electron chi connectivity index (χ4n) is 2.44. The first-order chi connectivity index (χ1) is 9.90. The molecular weight excluding hydrogens is 290 g/mol. The van der Waals surface area contributed by atoms with Crippen LogP contribution in [0.15, 0.2) is 24.3 Å². The molecule has 0 aromatic heterocycles. The van der Waals surface area contributed by atoms with Crippen molar-refractivity contribution in [2.45, 2.75) is 26.2 Å². The number of carbonyl (C=O) groups is 1. The van der Waals surface area contributed by atoms with E-state index in [0.717, 1.165) is 12.1 Å². The number of benzene rings is 1. The molecule has 1 aliphatic rings. The SMILES string of the molecule is CCc1ccc(NC(=O)C2CCN(S(N)(=O)=O)CC2)cc1. The molecule has 0 aliphatic carbocycles. The van der Waals surface area contributed by atoms with Crippen LogP contribution in [0, 0.1) is 5.92 Å². The molecule has 0 saturated carbocycles. The zero-order valence-electron chi connectivity index (χ0n) is 12.1. The predicted molar refractivity (Wildman–Crippen MR) is 81.9 cm³/mol. The van der Waals surface area contributed by atoms with Gasteiger partial charge in [-0.25, -0.2) is 5.14 Å². The van der Waals surface area contributed by atoms with Crippen LogP contribution in [0.2, 0.25) is 0 Å². The van der Waals surface area contributed by atoms with Crippen LogP contribution in [0.1, 0.15) is 25.3 Å². The molecule has 1 aliphatic heterocycles. The molecule has 1 heterocycles. The Morgan fingerprint density at radius 2 is 1.86 bits per heavy atom. The number of nitrogens with zero attached hydrogens (tertiary/aromatic N) is 1. The summed E-state index contributed by atoms with van der Waals surface area (Å²) >= 11 is 0. The van der Waals surface area contributed by atoms with E-state index < -0.39 is 10.2 Å². The number of amides is 1. The zero-order chi connectivity index (χ0) is 15.5. The van der Waals surface area contributed by atoms with Gasteiger partial charge in [0.1, 0.15) is 0 Å². The van der Waals surface area contributed by atoms with E-state index in [9.17, 15) is 13.2 Å². The van der Waals surface area contributed by atoms with E-state index in [1.54, 1.807) is 0 Å². The topological polar surface area (TPSA) is 92.5 Å². The number of carbonyl (C=O) groups excluding carboxylic acids is 1. The van der Waals surface area contributed by atoms with Gasteiger partial charge in [0.25, 0.3) is 10.2 Å². The summed E-state index contributed by atoms with van der Waals surface area (Å²) in [5, 5.41) is 7.96. The Morgan fingerprint density at radius 1 is 1.29 bits per heavy atom. The molecular formula is C14H21N3O3S. The molecule has 0 unspecified atom stereocenters. The second kappa shape index (κ2) is 6.55. The summed E-state index contributed by atoms with van der Waals surface area (Å²) in [5.74, 6) is -0.234. The molecule has 21 heavy (non-hydrogen) atoms. The average Bonchev–Trinajstić information content (AvgIpc) is 2.47. The van der Waals surface area contributed by atoms with Gasteiger partial charge < -0.3 is 5.32 Å². The summed E-state index contributed by atoms with van der Waals surface area (Å²) < 4.78 is 23.6. The lowest BCUT2D eigenvalue weighted by Gasteiger charge is -2.29. The number of aryl methyl sites for hydroxylation is 1. The molecule has 0 spiro atoms. The Balaban J connectivity index is 1.90. The maximum absolute atomic E-state index is 12.2. The summed E-state index contributed by atoms with van der Waals surface area (Å²) in [6.45, 7) is 2.67. The molecule has 1 amide bonds. The maximum atomic E-state index is 12.2. The van der Waals surface area contributed by atoms with Crippen LogP contribution in [0.5, 0.6) is 0 Å². The van der Waals surface area contributed by atoms with E-state index in [1.165, 1.54) is 9.87 Å². The summed E-state index contributed by atoms with van der Waals surface area (Å²) in [6.07, 6.45) is 1.95. The third-order valence-electron chi connectivity index (χ3n) is 3.81. The van der Waals surface area contributed by atoms with Gasteiger partial charge in [-0.1, -0.05) is 19.1 Å². The lowest BCUT2D eigenvalue weighted by atomic mass is 9.97. The number of hydrogen-bond acceptors (Lipinski definition) is 3. The second-order valence-corrected chi connectivity index (χ2v) is 6.80. The number of piperidine rings is 1. The van der Waals surface area contributed by atoms with Gasteiger partial charge in [-0.05, 0) is 37.0 Å². The first-order valence-corrected chi connectivity index (χ1v) is 8.58. The maximum Gasteiger partial charge on any atom is 0.276 e. The lowest BCUT2D eigenvalue weighted by Crippen LogP contribution is -2.44. The summed E-state index contributed by atoms with van der Waals surface area (Å²) in [7, 11) is -3.64. The van der Waals surface area contributed by atoms with Crippen LogP contribution in [0.4, 0.5) is 5.69 Å². The third kappa shape index (κ3) is 4.26. The van der Waals surface area contributed by atoms with Crippen LogP contribution < -0.4 is 10.5 Å². The minimum absolute atomic E-state index is 0.0617. The Morgan fingerprint density at radius 3 is 2.33 bits per heavy atom. The van der Waals surface area contributed by atoms with Gasteiger partial charge in [0, 0.05) is 24.7 Å². The molecule has 1 aromatic rings. The van der Waals surface area contributed by atoms with Gasteiger partial charge >= 0.3 is 0 Å². The Labute approximate surface area is 125 Å². The van der Waals surface area contributed by atoms with Crippen molar-refractivity contribution in [3.63, 3.8) is 0 Å². The lowest BCUT2D eigenvalue weighted by molar-refractivity contribution is -0.120. The van der Waals surface area contributed by atoms with E-state index in [2.05, 4.69) is 12.2 Å². The largest absolute Gasteiger partial charge is 0.326 e. The van der Waals surface area contributed by atoms with Crippen LogP contribution >= 0.6 is 0 Å². The smallest absolute Gasteiger partial charge is 0.276 e. The Kier molecular flexibility index (Phi) is 4.97. The first-order valence-electron chi connectivity index (χ1n) is 7.08. The van der Waals surface area contributed by atoms with Crippen molar-refractivity contribution in [3.05, 3.63) is 29.8 Å². The average molecular weight is 311 g/mol. The fraction of sp³-hybridized carbons (Fsp3) is 0.500. The third-order valence-corrected chi connectivity index (χ3v) is 4.90. The molecule has 2 rings (SSSR count). The molecule has 1 fully saturated rings. The Hall–Kier alpha value is -1.44. The van der Waals surface area contributed by atoms with E-state index in [1.807, 2.05) is 24.3 Å².